The van der Waals surface area contributed by atoms with E-state index in [9.17, 15) is 9.59 Å². The molecule has 0 aromatic heterocycles. The quantitative estimate of drug-likeness (QED) is 0.838. The second-order valence-electron chi connectivity index (χ2n) is 5.32. The molecule has 1 aromatic carbocycles. The number of hydrogen-bond donors (Lipinski definition) is 1. The van der Waals surface area contributed by atoms with Crippen molar-refractivity contribution >= 4 is 29.4 Å². The van der Waals surface area contributed by atoms with Gasteiger partial charge in [-0.2, -0.15) is 0 Å². The summed E-state index contributed by atoms with van der Waals surface area (Å²) in [5, 5.41) is 2.85. The summed E-state index contributed by atoms with van der Waals surface area (Å²) < 4.78 is 10.2. The van der Waals surface area contributed by atoms with Crippen LogP contribution in [0.5, 0.6) is 0 Å². The Morgan fingerprint density at radius 3 is 2.71 bits per heavy atom. The fourth-order valence-corrected chi connectivity index (χ4v) is 1.86. The maximum absolute atomic E-state index is 11.9. The topological polar surface area (TPSA) is 64.6 Å². The lowest BCUT2D eigenvalue weighted by Crippen LogP contribution is -2.16. The second-order valence-corrected chi connectivity index (χ2v) is 5.72. The highest BCUT2D eigenvalue weighted by Gasteiger charge is 2.23. The van der Waals surface area contributed by atoms with E-state index in [1.165, 1.54) is 12.1 Å². The van der Waals surface area contributed by atoms with Gasteiger partial charge in [0.25, 0.3) is 0 Å². The van der Waals surface area contributed by atoms with Crippen LogP contribution in [0.3, 0.4) is 0 Å². The smallest absolute Gasteiger partial charge is 0.411 e. The number of rotatable bonds is 5. The normalized spacial score (nSPS) is 13.9. The third kappa shape index (κ3) is 4.93. The minimum atomic E-state index is -0.535. The minimum absolute atomic E-state index is 0.213. The number of halogens is 1. The highest BCUT2D eigenvalue weighted by atomic mass is 35.5. The second kappa shape index (κ2) is 6.80. The first kappa shape index (κ1) is 15.6. The Morgan fingerprint density at radius 1 is 1.38 bits per heavy atom. The van der Waals surface area contributed by atoms with Gasteiger partial charge in [0.05, 0.1) is 23.3 Å². The van der Waals surface area contributed by atoms with Crippen LogP contribution in [0.1, 0.15) is 37.0 Å². The van der Waals surface area contributed by atoms with Gasteiger partial charge in [-0.15, -0.1) is 0 Å². The maximum Gasteiger partial charge on any atom is 0.411 e. The lowest BCUT2D eigenvalue weighted by Gasteiger charge is -2.11. The van der Waals surface area contributed by atoms with Gasteiger partial charge in [-0.05, 0) is 50.8 Å². The Kier molecular flexibility index (Phi) is 5.07. The van der Waals surface area contributed by atoms with Gasteiger partial charge >= 0.3 is 12.1 Å². The zero-order valence-electron chi connectivity index (χ0n) is 12.0. The van der Waals surface area contributed by atoms with Gasteiger partial charge in [-0.3, -0.25) is 5.32 Å². The number of amides is 1. The SMILES string of the molecule is CC(C)OC(=O)c1cc(NC(=O)OCC2CC2)ccc1Cl. The molecule has 1 fully saturated rings. The Morgan fingerprint density at radius 2 is 2.10 bits per heavy atom. The number of nitrogens with one attached hydrogen (secondary N) is 1. The summed E-state index contributed by atoms with van der Waals surface area (Å²) in [7, 11) is 0. The molecule has 0 spiro atoms. The first-order chi connectivity index (χ1) is 9.95. The first-order valence-corrected chi connectivity index (χ1v) is 7.28. The molecule has 0 bridgehead atoms. The van der Waals surface area contributed by atoms with Gasteiger partial charge in [0.1, 0.15) is 0 Å². The lowest BCUT2D eigenvalue weighted by molar-refractivity contribution is 0.0378. The summed E-state index contributed by atoms with van der Waals surface area (Å²) in [4.78, 5) is 23.5. The van der Waals surface area contributed by atoms with Gasteiger partial charge < -0.3 is 9.47 Å². The number of ether oxygens (including phenoxy) is 2. The van der Waals surface area contributed by atoms with Crippen LogP contribution in [0, 0.1) is 5.92 Å². The molecular weight excluding hydrogens is 294 g/mol. The molecular formula is C15H18ClNO4. The zero-order chi connectivity index (χ0) is 15.4. The number of carbonyl (C=O) groups is 2. The fourth-order valence-electron chi connectivity index (χ4n) is 1.67. The molecule has 5 nitrogen and oxygen atoms in total. The van der Waals surface area contributed by atoms with Crippen LogP contribution < -0.4 is 5.32 Å². The van der Waals surface area contributed by atoms with E-state index in [1.54, 1.807) is 19.9 Å². The standard InChI is InChI=1S/C15H18ClNO4/c1-9(2)21-14(18)12-7-11(5-6-13(12)16)17-15(19)20-8-10-3-4-10/h5-7,9-10H,3-4,8H2,1-2H3,(H,17,19). The lowest BCUT2D eigenvalue weighted by atomic mass is 10.2. The number of anilines is 1. The summed E-state index contributed by atoms with van der Waals surface area (Å²) in [6.45, 7) is 3.94. The van der Waals surface area contributed by atoms with E-state index >= 15 is 0 Å². The number of esters is 1. The highest BCUT2D eigenvalue weighted by molar-refractivity contribution is 6.33. The molecule has 0 radical (unpaired) electrons. The van der Waals surface area contributed by atoms with Gasteiger partial charge in [-0.25, -0.2) is 9.59 Å². The summed E-state index contributed by atoms with van der Waals surface area (Å²) >= 11 is 5.98. The molecule has 1 aliphatic rings. The number of hydrogen-bond acceptors (Lipinski definition) is 4. The van der Waals surface area contributed by atoms with E-state index in [4.69, 9.17) is 21.1 Å². The van der Waals surface area contributed by atoms with Gasteiger partial charge in [0.15, 0.2) is 0 Å². The molecule has 0 aliphatic heterocycles. The average molecular weight is 312 g/mol. The predicted octanol–water partition coefficient (Wildman–Crippen LogP) is 3.86. The van der Waals surface area contributed by atoms with Crippen LogP contribution in [0.25, 0.3) is 0 Å². The fraction of sp³-hybridized carbons (Fsp3) is 0.467. The molecule has 0 unspecified atom stereocenters. The molecule has 1 aromatic rings. The predicted molar refractivity (Wildman–Crippen MR) is 79.7 cm³/mol. The molecule has 21 heavy (non-hydrogen) atoms. The van der Waals surface area contributed by atoms with E-state index in [-0.39, 0.29) is 16.7 Å². The molecule has 1 amide bonds. The minimum Gasteiger partial charge on any atom is -0.459 e. The van der Waals surface area contributed by atoms with Crippen LogP contribution in [0.2, 0.25) is 5.02 Å². The van der Waals surface area contributed by atoms with E-state index in [0.29, 0.717) is 18.2 Å². The Hall–Kier alpha value is -1.75. The van der Waals surface area contributed by atoms with Crippen molar-refractivity contribution < 1.29 is 19.1 Å². The van der Waals surface area contributed by atoms with E-state index in [2.05, 4.69) is 5.32 Å². The molecule has 1 saturated carbocycles. The van der Waals surface area contributed by atoms with Crippen LogP contribution in [0.15, 0.2) is 18.2 Å². The Bertz CT molecular complexity index is 540. The number of carbonyl (C=O) groups excluding carboxylic acids is 2. The van der Waals surface area contributed by atoms with Crippen molar-refractivity contribution in [3.63, 3.8) is 0 Å². The maximum atomic E-state index is 11.9. The largest absolute Gasteiger partial charge is 0.459 e. The molecule has 2 rings (SSSR count). The summed E-state index contributed by atoms with van der Waals surface area (Å²) in [6.07, 6.45) is 1.44. The van der Waals surface area contributed by atoms with Crippen LogP contribution in [-0.4, -0.2) is 24.8 Å². The molecule has 0 atom stereocenters. The molecule has 1 N–H and O–H groups in total. The Labute approximate surface area is 128 Å². The zero-order valence-corrected chi connectivity index (χ0v) is 12.8. The number of benzene rings is 1. The summed E-state index contributed by atoms with van der Waals surface area (Å²) in [6, 6.07) is 4.62. The first-order valence-electron chi connectivity index (χ1n) is 6.90. The van der Waals surface area contributed by atoms with Crippen LogP contribution >= 0.6 is 11.6 Å². The van der Waals surface area contributed by atoms with Crippen molar-refractivity contribution in [3.05, 3.63) is 28.8 Å². The van der Waals surface area contributed by atoms with Crippen LogP contribution in [0.4, 0.5) is 10.5 Å². The molecule has 0 saturated heterocycles. The van der Waals surface area contributed by atoms with Crippen LogP contribution in [-0.2, 0) is 9.47 Å². The summed E-state index contributed by atoms with van der Waals surface area (Å²) in [5.74, 6) is -0.0254. The van der Waals surface area contributed by atoms with Crippen molar-refractivity contribution in [1.29, 1.82) is 0 Å². The molecule has 1 aliphatic carbocycles. The van der Waals surface area contributed by atoms with E-state index < -0.39 is 12.1 Å². The van der Waals surface area contributed by atoms with Crippen molar-refractivity contribution in [2.45, 2.75) is 32.8 Å². The van der Waals surface area contributed by atoms with Gasteiger partial charge in [0, 0.05) is 5.69 Å². The highest BCUT2D eigenvalue weighted by Crippen LogP contribution is 2.29. The van der Waals surface area contributed by atoms with Gasteiger partial charge in [0.2, 0.25) is 0 Å². The average Bonchev–Trinajstić information content (AvgIpc) is 3.22. The van der Waals surface area contributed by atoms with Crippen molar-refractivity contribution in [2.24, 2.45) is 5.92 Å². The summed E-state index contributed by atoms with van der Waals surface area (Å²) in [5.41, 5.74) is 0.654. The molecule has 114 valence electrons. The molecule has 6 heteroatoms. The van der Waals surface area contributed by atoms with Gasteiger partial charge in [-0.1, -0.05) is 11.6 Å². The van der Waals surface area contributed by atoms with Crippen molar-refractivity contribution in [1.82, 2.24) is 0 Å². The van der Waals surface area contributed by atoms with Crippen molar-refractivity contribution in [2.75, 3.05) is 11.9 Å². The Balaban J connectivity index is 1.99. The third-order valence-electron chi connectivity index (χ3n) is 2.92. The van der Waals surface area contributed by atoms with Crippen molar-refractivity contribution in [3.8, 4) is 0 Å². The molecule has 0 heterocycles. The third-order valence-corrected chi connectivity index (χ3v) is 3.25. The van der Waals surface area contributed by atoms with E-state index in [1.807, 2.05) is 0 Å². The van der Waals surface area contributed by atoms with E-state index in [0.717, 1.165) is 12.8 Å². The monoisotopic (exact) mass is 311 g/mol.